The van der Waals surface area contributed by atoms with Gasteiger partial charge in [-0.1, -0.05) is 0 Å². The van der Waals surface area contributed by atoms with Gasteiger partial charge in [0.15, 0.2) is 0 Å². The Balaban J connectivity index is 1.97. The van der Waals surface area contributed by atoms with E-state index < -0.39 is 34.5 Å². The Hall–Kier alpha value is -1.42. The molecule has 1 atom stereocenters. The Morgan fingerprint density at radius 3 is 2.83 bits per heavy atom. The zero-order chi connectivity index (χ0) is 17.1. The summed E-state index contributed by atoms with van der Waals surface area (Å²) in [6, 6.07) is 1.56. The van der Waals surface area contributed by atoms with Crippen LogP contribution in [0, 0.1) is 6.92 Å². The smallest absolute Gasteiger partial charge is 0.390 e. The quantitative estimate of drug-likeness (QED) is 0.809. The third kappa shape index (κ3) is 5.61. The number of rotatable bonds is 5. The Labute approximate surface area is 132 Å². The molecule has 0 aromatic carbocycles. The summed E-state index contributed by atoms with van der Waals surface area (Å²) in [7, 11) is -3.95. The van der Waals surface area contributed by atoms with Gasteiger partial charge in [-0.15, -0.1) is 0 Å². The average molecular weight is 353 g/mol. The number of hydrogen-bond donors (Lipinski definition) is 0. The van der Waals surface area contributed by atoms with E-state index in [9.17, 15) is 21.6 Å². The van der Waals surface area contributed by atoms with Crippen LogP contribution in [0.4, 0.5) is 13.2 Å². The maximum absolute atomic E-state index is 12.2. The molecule has 10 heteroatoms. The lowest BCUT2D eigenvalue weighted by atomic mass is 10.1. The van der Waals surface area contributed by atoms with Crippen LogP contribution in [-0.2, 0) is 10.0 Å². The second-order valence-electron chi connectivity index (χ2n) is 5.36. The normalized spacial score (nSPS) is 20.4. The van der Waals surface area contributed by atoms with E-state index in [0.29, 0.717) is 24.5 Å². The first kappa shape index (κ1) is 17.9. The summed E-state index contributed by atoms with van der Waals surface area (Å²) >= 11 is 0. The monoisotopic (exact) mass is 353 g/mol. The lowest BCUT2D eigenvalue weighted by molar-refractivity contribution is -0.130. The fraction of sp³-hybridized carbons (Fsp3) is 0.692. The van der Waals surface area contributed by atoms with Crippen molar-refractivity contribution in [1.29, 1.82) is 0 Å². The summed E-state index contributed by atoms with van der Waals surface area (Å²) < 4.78 is 67.5. The van der Waals surface area contributed by atoms with Crippen molar-refractivity contribution in [1.82, 2.24) is 14.3 Å². The first-order valence-corrected chi connectivity index (χ1v) is 8.77. The molecule has 1 aliphatic heterocycles. The van der Waals surface area contributed by atoms with Gasteiger partial charge in [0.2, 0.25) is 15.9 Å². The highest BCUT2D eigenvalue weighted by Crippen LogP contribution is 2.23. The topological polar surface area (TPSA) is 72.4 Å². The Morgan fingerprint density at radius 1 is 1.43 bits per heavy atom. The molecule has 1 fully saturated rings. The van der Waals surface area contributed by atoms with Crippen molar-refractivity contribution in [3.8, 4) is 5.88 Å². The standard InChI is InChI=1S/C13H18F3N3O3S/c1-10-17-6-4-12(18-10)22-11-3-2-7-19(9-11)23(20,21)8-5-13(14,15)16/h4,6,11H,2-3,5,7-9H2,1H3. The number of alkyl halides is 3. The molecule has 0 radical (unpaired) electrons. The van der Waals surface area contributed by atoms with E-state index in [0.717, 1.165) is 4.31 Å². The lowest BCUT2D eigenvalue weighted by Gasteiger charge is -2.31. The fourth-order valence-electron chi connectivity index (χ4n) is 2.30. The SMILES string of the molecule is Cc1nccc(OC2CCCN(S(=O)(=O)CCC(F)(F)F)C2)n1. The van der Waals surface area contributed by atoms with Crippen molar-refractivity contribution in [3.63, 3.8) is 0 Å². The predicted molar refractivity (Wildman–Crippen MR) is 76.5 cm³/mol. The van der Waals surface area contributed by atoms with Crippen molar-refractivity contribution in [3.05, 3.63) is 18.1 Å². The molecule has 0 N–H and O–H groups in total. The van der Waals surface area contributed by atoms with E-state index in [2.05, 4.69) is 9.97 Å². The van der Waals surface area contributed by atoms with Gasteiger partial charge in [-0.3, -0.25) is 0 Å². The third-order valence-corrected chi connectivity index (χ3v) is 5.25. The molecule has 1 saturated heterocycles. The van der Waals surface area contributed by atoms with Gasteiger partial charge in [-0.25, -0.2) is 13.4 Å². The van der Waals surface area contributed by atoms with Crippen LogP contribution < -0.4 is 4.74 Å². The van der Waals surface area contributed by atoms with Crippen molar-refractivity contribution in [2.75, 3.05) is 18.8 Å². The van der Waals surface area contributed by atoms with E-state index in [1.54, 1.807) is 13.0 Å². The molecule has 0 spiro atoms. The molecule has 23 heavy (non-hydrogen) atoms. The summed E-state index contributed by atoms with van der Waals surface area (Å²) in [5.41, 5.74) is 0. The van der Waals surface area contributed by atoms with Crippen molar-refractivity contribution < 1.29 is 26.3 Å². The lowest BCUT2D eigenvalue weighted by Crippen LogP contribution is -2.45. The number of sulfonamides is 1. The van der Waals surface area contributed by atoms with Crippen LogP contribution >= 0.6 is 0 Å². The van der Waals surface area contributed by atoms with E-state index >= 15 is 0 Å². The second kappa shape index (κ2) is 7.00. The molecule has 130 valence electrons. The molecule has 2 rings (SSSR count). The molecule has 1 unspecified atom stereocenters. The average Bonchev–Trinajstić information content (AvgIpc) is 2.45. The molecule has 0 amide bonds. The minimum Gasteiger partial charge on any atom is -0.473 e. The zero-order valence-electron chi connectivity index (χ0n) is 12.6. The van der Waals surface area contributed by atoms with Crippen molar-refractivity contribution in [2.24, 2.45) is 0 Å². The number of nitrogens with zero attached hydrogens (tertiary/aromatic N) is 3. The van der Waals surface area contributed by atoms with Crippen LogP contribution in [-0.4, -0.2) is 53.8 Å². The number of aryl methyl sites for hydroxylation is 1. The highest BCUT2D eigenvalue weighted by atomic mass is 32.2. The third-order valence-electron chi connectivity index (χ3n) is 3.42. The van der Waals surface area contributed by atoms with Crippen molar-refractivity contribution >= 4 is 10.0 Å². The van der Waals surface area contributed by atoms with Crippen LogP contribution in [0.5, 0.6) is 5.88 Å². The molecule has 0 aliphatic carbocycles. The van der Waals surface area contributed by atoms with Crippen LogP contribution in [0.2, 0.25) is 0 Å². The highest BCUT2D eigenvalue weighted by Gasteiger charge is 2.35. The molecule has 0 saturated carbocycles. The van der Waals surface area contributed by atoms with Gasteiger partial charge in [-0.05, 0) is 19.8 Å². The van der Waals surface area contributed by atoms with Crippen LogP contribution in [0.15, 0.2) is 12.3 Å². The van der Waals surface area contributed by atoms with E-state index in [4.69, 9.17) is 4.74 Å². The Bertz CT molecular complexity index is 637. The van der Waals surface area contributed by atoms with Crippen LogP contribution in [0.3, 0.4) is 0 Å². The van der Waals surface area contributed by atoms with Crippen LogP contribution in [0.25, 0.3) is 0 Å². The minimum absolute atomic E-state index is 0.0310. The van der Waals surface area contributed by atoms with Gasteiger partial charge in [0.1, 0.15) is 11.9 Å². The van der Waals surface area contributed by atoms with Gasteiger partial charge in [0, 0.05) is 18.8 Å². The highest BCUT2D eigenvalue weighted by molar-refractivity contribution is 7.89. The van der Waals surface area contributed by atoms with E-state index in [1.165, 1.54) is 6.20 Å². The van der Waals surface area contributed by atoms with Crippen LogP contribution in [0.1, 0.15) is 25.1 Å². The van der Waals surface area contributed by atoms with E-state index in [1.807, 2.05) is 0 Å². The van der Waals surface area contributed by atoms with Gasteiger partial charge in [0.05, 0.1) is 18.7 Å². The summed E-state index contributed by atoms with van der Waals surface area (Å²) in [6.07, 6.45) is -3.59. The number of hydrogen-bond acceptors (Lipinski definition) is 5. The first-order valence-electron chi connectivity index (χ1n) is 7.16. The molecular formula is C13H18F3N3O3S. The Morgan fingerprint density at radius 2 is 2.17 bits per heavy atom. The molecular weight excluding hydrogens is 335 g/mol. The maximum atomic E-state index is 12.2. The Kier molecular flexibility index (Phi) is 5.45. The van der Waals surface area contributed by atoms with E-state index in [-0.39, 0.29) is 13.1 Å². The number of piperidine rings is 1. The minimum atomic E-state index is -4.49. The van der Waals surface area contributed by atoms with Crippen molar-refractivity contribution in [2.45, 2.75) is 38.5 Å². The summed E-state index contributed by atoms with van der Waals surface area (Å²) in [5.74, 6) is -0.0828. The zero-order valence-corrected chi connectivity index (χ0v) is 13.4. The fourth-order valence-corrected chi connectivity index (χ4v) is 3.85. The predicted octanol–water partition coefficient (Wildman–Crippen LogP) is 1.91. The second-order valence-corrected chi connectivity index (χ2v) is 7.45. The summed E-state index contributed by atoms with van der Waals surface area (Å²) in [6.45, 7) is 1.94. The molecule has 1 aliphatic rings. The van der Waals surface area contributed by atoms with Gasteiger partial charge in [-0.2, -0.15) is 22.5 Å². The number of halogens is 3. The maximum Gasteiger partial charge on any atom is 0.390 e. The molecule has 6 nitrogen and oxygen atoms in total. The summed E-state index contributed by atoms with van der Waals surface area (Å²) in [5, 5.41) is 0. The number of ether oxygens (including phenoxy) is 1. The van der Waals surface area contributed by atoms with Gasteiger partial charge < -0.3 is 4.74 Å². The summed E-state index contributed by atoms with van der Waals surface area (Å²) in [4.78, 5) is 8.00. The van der Waals surface area contributed by atoms with Gasteiger partial charge >= 0.3 is 6.18 Å². The molecule has 0 bridgehead atoms. The molecule has 2 heterocycles. The van der Waals surface area contributed by atoms with Gasteiger partial charge in [0.25, 0.3) is 0 Å². The number of aromatic nitrogens is 2. The largest absolute Gasteiger partial charge is 0.473 e. The first-order chi connectivity index (χ1) is 10.7. The molecule has 1 aromatic rings. The molecule has 1 aromatic heterocycles.